The predicted molar refractivity (Wildman–Crippen MR) is 86.3 cm³/mol. The maximum atomic E-state index is 12.9. The molecule has 2 heterocycles. The summed E-state index contributed by atoms with van der Waals surface area (Å²) in [5.41, 5.74) is 6.24. The third kappa shape index (κ3) is 3.23. The van der Waals surface area contributed by atoms with E-state index < -0.39 is 5.91 Å². The fourth-order valence-corrected chi connectivity index (χ4v) is 3.56. The monoisotopic (exact) mass is 317 g/mol. The Bertz CT molecular complexity index is 587. The molecule has 0 radical (unpaired) electrons. The fraction of sp³-hybridized carbons (Fsp3) is 0.529. The number of hydrogen-bond donors (Lipinski definition) is 1. The van der Waals surface area contributed by atoms with Gasteiger partial charge in [-0.15, -0.1) is 0 Å². The van der Waals surface area contributed by atoms with Crippen molar-refractivity contribution in [3.05, 3.63) is 35.4 Å². The Hall–Kier alpha value is -1.92. The Balaban J connectivity index is 1.79. The van der Waals surface area contributed by atoms with E-state index in [9.17, 15) is 9.59 Å². The molecule has 0 spiro atoms. The molecule has 2 fully saturated rings. The lowest BCUT2D eigenvalue weighted by Crippen LogP contribution is -2.56. The quantitative estimate of drug-likeness (QED) is 0.891. The molecule has 0 saturated carbocycles. The zero-order valence-electron chi connectivity index (χ0n) is 13.4. The van der Waals surface area contributed by atoms with Crippen molar-refractivity contribution in [3.8, 4) is 0 Å². The van der Waals surface area contributed by atoms with E-state index in [2.05, 4.69) is 11.9 Å². The molecule has 23 heavy (non-hydrogen) atoms. The third-order valence-corrected chi connectivity index (χ3v) is 4.86. The van der Waals surface area contributed by atoms with Gasteiger partial charge in [0, 0.05) is 23.7 Å². The molecule has 2 saturated heterocycles. The standard InChI is InChI=1S/C17H23N3O3/c1-19-8-2-3-14(19)15-11-23-10-9-20(15)17(22)13-6-4-12(5-7-13)16(18)21/h4-7,14-15H,2-3,8-11H2,1H3,(H2,18,21)/t14-,15-/m1/s1. The smallest absolute Gasteiger partial charge is 0.254 e. The van der Waals surface area contributed by atoms with Crippen molar-refractivity contribution in [1.82, 2.24) is 9.80 Å². The molecule has 0 bridgehead atoms. The van der Waals surface area contributed by atoms with E-state index >= 15 is 0 Å². The first-order valence-electron chi connectivity index (χ1n) is 8.07. The van der Waals surface area contributed by atoms with Crippen molar-refractivity contribution in [2.24, 2.45) is 5.73 Å². The molecule has 2 aliphatic heterocycles. The van der Waals surface area contributed by atoms with Crippen molar-refractivity contribution in [2.75, 3.05) is 33.4 Å². The Morgan fingerprint density at radius 3 is 2.43 bits per heavy atom. The van der Waals surface area contributed by atoms with Crippen LogP contribution in [0.4, 0.5) is 0 Å². The van der Waals surface area contributed by atoms with Gasteiger partial charge in [0.2, 0.25) is 5.91 Å². The minimum atomic E-state index is -0.485. The van der Waals surface area contributed by atoms with E-state index in [1.807, 2.05) is 4.90 Å². The minimum absolute atomic E-state index is 0.00498. The Morgan fingerprint density at radius 1 is 1.13 bits per heavy atom. The second kappa shape index (κ2) is 6.68. The summed E-state index contributed by atoms with van der Waals surface area (Å²) in [6, 6.07) is 6.99. The zero-order valence-corrected chi connectivity index (χ0v) is 13.4. The fourth-order valence-electron chi connectivity index (χ4n) is 3.56. The van der Waals surface area contributed by atoms with Crippen LogP contribution in [0.15, 0.2) is 24.3 Å². The van der Waals surface area contributed by atoms with Crippen LogP contribution in [-0.2, 0) is 4.74 Å². The van der Waals surface area contributed by atoms with Crippen LogP contribution in [0.3, 0.4) is 0 Å². The van der Waals surface area contributed by atoms with Gasteiger partial charge in [0.05, 0.1) is 19.3 Å². The lowest BCUT2D eigenvalue weighted by Gasteiger charge is -2.41. The second-order valence-corrected chi connectivity index (χ2v) is 6.27. The maximum absolute atomic E-state index is 12.9. The molecule has 124 valence electrons. The van der Waals surface area contributed by atoms with Crippen LogP contribution >= 0.6 is 0 Å². The normalized spacial score (nSPS) is 25.5. The van der Waals surface area contributed by atoms with E-state index in [-0.39, 0.29) is 11.9 Å². The molecule has 1 aromatic carbocycles. The average Bonchev–Trinajstić information content (AvgIpc) is 3.00. The topological polar surface area (TPSA) is 75.9 Å². The molecule has 1 aromatic rings. The average molecular weight is 317 g/mol. The number of rotatable bonds is 3. The second-order valence-electron chi connectivity index (χ2n) is 6.27. The first kappa shape index (κ1) is 16.0. The Morgan fingerprint density at radius 2 is 1.83 bits per heavy atom. The summed E-state index contributed by atoms with van der Waals surface area (Å²) in [6.45, 7) is 2.82. The van der Waals surface area contributed by atoms with E-state index in [1.165, 1.54) is 0 Å². The molecule has 2 atom stereocenters. The van der Waals surface area contributed by atoms with Gasteiger partial charge in [0.15, 0.2) is 0 Å². The third-order valence-electron chi connectivity index (χ3n) is 4.86. The first-order valence-corrected chi connectivity index (χ1v) is 8.07. The number of nitrogens with zero attached hydrogens (tertiary/aromatic N) is 2. The van der Waals surface area contributed by atoms with Gasteiger partial charge in [-0.25, -0.2) is 0 Å². The molecule has 0 aliphatic carbocycles. The highest BCUT2D eigenvalue weighted by atomic mass is 16.5. The highest BCUT2D eigenvalue weighted by Crippen LogP contribution is 2.25. The largest absolute Gasteiger partial charge is 0.377 e. The van der Waals surface area contributed by atoms with Gasteiger partial charge in [-0.1, -0.05) is 0 Å². The van der Waals surface area contributed by atoms with Crippen LogP contribution in [0.2, 0.25) is 0 Å². The molecule has 0 aromatic heterocycles. The maximum Gasteiger partial charge on any atom is 0.254 e. The number of ether oxygens (including phenoxy) is 1. The summed E-state index contributed by atoms with van der Waals surface area (Å²) < 4.78 is 5.63. The van der Waals surface area contributed by atoms with Crippen LogP contribution in [0.25, 0.3) is 0 Å². The van der Waals surface area contributed by atoms with Crippen molar-refractivity contribution in [2.45, 2.75) is 24.9 Å². The zero-order chi connectivity index (χ0) is 16.4. The van der Waals surface area contributed by atoms with Crippen LogP contribution in [0.5, 0.6) is 0 Å². The highest BCUT2D eigenvalue weighted by molar-refractivity contribution is 5.97. The van der Waals surface area contributed by atoms with Crippen molar-refractivity contribution < 1.29 is 14.3 Å². The van der Waals surface area contributed by atoms with Gasteiger partial charge in [-0.05, 0) is 50.7 Å². The number of likely N-dealkylation sites (tertiary alicyclic amines) is 1. The highest BCUT2D eigenvalue weighted by Gasteiger charge is 2.37. The molecular weight excluding hydrogens is 294 g/mol. The lowest BCUT2D eigenvalue weighted by molar-refractivity contribution is -0.0233. The van der Waals surface area contributed by atoms with Gasteiger partial charge in [-0.3, -0.25) is 9.59 Å². The first-order chi connectivity index (χ1) is 11.1. The molecule has 3 rings (SSSR count). The van der Waals surface area contributed by atoms with Gasteiger partial charge in [0.25, 0.3) is 5.91 Å². The Kier molecular flexibility index (Phi) is 4.63. The molecule has 6 nitrogen and oxygen atoms in total. The number of benzene rings is 1. The van der Waals surface area contributed by atoms with Crippen LogP contribution in [0, 0.1) is 0 Å². The number of likely N-dealkylation sites (N-methyl/N-ethyl adjacent to an activating group) is 1. The number of primary amides is 1. The summed E-state index contributed by atoms with van der Waals surface area (Å²) >= 11 is 0. The van der Waals surface area contributed by atoms with E-state index in [0.717, 1.165) is 19.4 Å². The van der Waals surface area contributed by atoms with Crippen LogP contribution < -0.4 is 5.73 Å². The molecule has 2 amide bonds. The summed E-state index contributed by atoms with van der Waals surface area (Å²) in [5.74, 6) is -0.490. The number of carbonyl (C=O) groups excluding carboxylic acids is 2. The molecule has 0 unspecified atom stereocenters. The van der Waals surface area contributed by atoms with Crippen molar-refractivity contribution in [1.29, 1.82) is 0 Å². The van der Waals surface area contributed by atoms with Crippen molar-refractivity contribution in [3.63, 3.8) is 0 Å². The SMILES string of the molecule is CN1CCC[C@@H]1[C@H]1COCCN1C(=O)c1ccc(C(N)=O)cc1. The summed E-state index contributed by atoms with van der Waals surface area (Å²) in [6.07, 6.45) is 2.25. The molecule has 2 N–H and O–H groups in total. The van der Waals surface area contributed by atoms with Crippen LogP contribution in [0.1, 0.15) is 33.6 Å². The lowest BCUT2D eigenvalue weighted by atomic mass is 10.0. The summed E-state index contributed by atoms with van der Waals surface area (Å²) in [4.78, 5) is 28.3. The molecule has 2 aliphatic rings. The predicted octanol–water partition coefficient (Wildman–Crippen LogP) is 0.721. The number of hydrogen-bond acceptors (Lipinski definition) is 4. The Labute approximate surface area is 136 Å². The molecule has 6 heteroatoms. The van der Waals surface area contributed by atoms with Gasteiger partial charge >= 0.3 is 0 Å². The van der Waals surface area contributed by atoms with E-state index in [1.54, 1.807) is 24.3 Å². The summed E-state index contributed by atoms with van der Waals surface area (Å²) in [5, 5.41) is 0. The number of nitrogens with two attached hydrogens (primary N) is 1. The van der Waals surface area contributed by atoms with Crippen molar-refractivity contribution >= 4 is 11.8 Å². The molecular formula is C17H23N3O3. The van der Waals surface area contributed by atoms with Gasteiger partial charge < -0.3 is 20.3 Å². The van der Waals surface area contributed by atoms with E-state index in [4.69, 9.17) is 10.5 Å². The van der Waals surface area contributed by atoms with E-state index in [0.29, 0.717) is 36.9 Å². The van der Waals surface area contributed by atoms with Gasteiger partial charge in [0.1, 0.15) is 0 Å². The number of morpholine rings is 1. The van der Waals surface area contributed by atoms with Crippen LogP contribution in [-0.4, -0.2) is 67.0 Å². The number of carbonyl (C=O) groups is 2. The minimum Gasteiger partial charge on any atom is -0.377 e. The number of amides is 2. The van der Waals surface area contributed by atoms with Gasteiger partial charge in [-0.2, -0.15) is 0 Å². The summed E-state index contributed by atoms with van der Waals surface area (Å²) in [7, 11) is 2.11.